The van der Waals surface area contributed by atoms with Crippen LogP contribution in [0.1, 0.15) is 50.7 Å². The van der Waals surface area contributed by atoms with Crippen LogP contribution in [0.15, 0.2) is 18.2 Å². The number of hydrogen-bond acceptors (Lipinski definition) is 0. The molecule has 0 bridgehead atoms. The van der Waals surface area contributed by atoms with E-state index in [9.17, 15) is 0 Å². The van der Waals surface area contributed by atoms with Crippen molar-refractivity contribution < 1.29 is 21.7 Å². The van der Waals surface area contributed by atoms with E-state index in [4.69, 9.17) is 0 Å². The fourth-order valence-corrected chi connectivity index (χ4v) is 1.18. The third kappa shape index (κ3) is 3.66. The third-order valence-electron chi connectivity index (χ3n) is 2.08. The van der Waals surface area contributed by atoms with Crippen molar-refractivity contribution in [2.45, 2.75) is 39.5 Å². The molecule has 0 nitrogen and oxygen atoms in total. The van der Waals surface area contributed by atoms with Crippen LogP contribution in [0.25, 0.3) is 0 Å². The number of benzene rings is 1. The van der Waals surface area contributed by atoms with Gasteiger partial charge in [-0.2, -0.15) is 0 Å². The van der Waals surface area contributed by atoms with Gasteiger partial charge in [0.2, 0.25) is 0 Å². The molecular formula is C12H17Ti. The fourth-order valence-electron chi connectivity index (χ4n) is 1.18. The zero-order chi connectivity index (χ0) is 9.14. The van der Waals surface area contributed by atoms with Gasteiger partial charge < -0.3 is 0 Å². The summed E-state index contributed by atoms with van der Waals surface area (Å²) < 4.78 is 0. The Hall–Kier alpha value is -0.0657. The predicted octanol–water partition coefficient (Wildman–Crippen LogP) is 3.73. The SMILES string of the molecule is CC(C)c1[c]c(C(C)C)ccc1.[Ti]. The molecule has 0 fully saturated rings. The summed E-state index contributed by atoms with van der Waals surface area (Å²) in [7, 11) is 0. The van der Waals surface area contributed by atoms with Gasteiger partial charge in [0.05, 0.1) is 0 Å². The summed E-state index contributed by atoms with van der Waals surface area (Å²) in [5.74, 6) is 1.17. The molecule has 1 radical (unpaired) electrons. The standard InChI is InChI=1S/C12H17.Ti/c1-9(2)11-6-5-7-12(8-11)10(3)4;/h5-7,9-10H,1-4H3;. The molecule has 1 aromatic carbocycles. The normalized spacial score (nSPS) is 10.3. The molecule has 0 saturated carbocycles. The zero-order valence-electron chi connectivity index (χ0n) is 8.89. The first-order chi connectivity index (χ1) is 5.61. The number of rotatable bonds is 2. The van der Waals surface area contributed by atoms with Gasteiger partial charge in [0, 0.05) is 21.7 Å². The molecule has 0 aliphatic heterocycles. The summed E-state index contributed by atoms with van der Waals surface area (Å²) in [6.07, 6.45) is 0. The van der Waals surface area contributed by atoms with Crippen LogP contribution in [0.2, 0.25) is 0 Å². The third-order valence-corrected chi connectivity index (χ3v) is 2.08. The van der Waals surface area contributed by atoms with Gasteiger partial charge in [-0.15, -0.1) is 0 Å². The van der Waals surface area contributed by atoms with Gasteiger partial charge in [-0.1, -0.05) is 45.9 Å². The Morgan fingerprint density at radius 1 is 0.923 bits per heavy atom. The maximum atomic E-state index is 3.44. The van der Waals surface area contributed by atoms with Crippen molar-refractivity contribution in [3.63, 3.8) is 0 Å². The summed E-state index contributed by atoms with van der Waals surface area (Å²) in [6.45, 7) is 8.82. The molecule has 0 aliphatic carbocycles. The summed E-state index contributed by atoms with van der Waals surface area (Å²) in [5, 5.41) is 0. The number of hydrogen-bond donors (Lipinski definition) is 0. The molecule has 0 aromatic heterocycles. The van der Waals surface area contributed by atoms with Gasteiger partial charge in [-0.05, 0) is 29.0 Å². The second-order valence-corrected chi connectivity index (χ2v) is 3.87. The van der Waals surface area contributed by atoms with Crippen molar-refractivity contribution in [3.8, 4) is 0 Å². The van der Waals surface area contributed by atoms with E-state index in [1.807, 2.05) is 0 Å². The van der Waals surface area contributed by atoms with Gasteiger partial charge >= 0.3 is 0 Å². The van der Waals surface area contributed by atoms with Crippen LogP contribution in [0, 0.1) is 6.07 Å². The van der Waals surface area contributed by atoms with E-state index >= 15 is 0 Å². The molecule has 0 aliphatic rings. The summed E-state index contributed by atoms with van der Waals surface area (Å²) in [4.78, 5) is 0. The molecule has 0 atom stereocenters. The minimum absolute atomic E-state index is 0. The molecule has 1 aromatic rings. The van der Waals surface area contributed by atoms with Gasteiger partial charge in [0.1, 0.15) is 0 Å². The Balaban J connectivity index is 0.00000144. The molecule has 0 unspecified atom stereocenters. The fraction of sp³-hybridized carbons (Fsp3) is 0.500. The molecule has 1 heteroatoms. The summed E-state index contributed by atoms with van der Waals surface area (Å²) >= 11 is 0. The van der Waals surface area contributed by atoms with E-state index in [2.05, 4.69) is 52.0 Å². The van der Waals surface area contributed by atoms with Gasteiger partial charge in [-0.25, -0.2) is 0 Å². The van der Waals surface area contributed by atoms with Crippen molar-refractivity contribution in [1.29, 1.82) is 0 Å². The topological polar surface area (TPSA) is 0 Å². The first-order valence-electron chi connectivity index (χ1n) is 4.63. The van der Waals surface area contributed by atoms with E-state index in [-0.39, 0.29) is 21.7 Å². The predicted molar refractivity (Wildman–Crippen MR) is 53.5 cm³/mol. The Morgan fingerprint density at radius 3 is 1.62 bits per heavy atom. The Bertz CT molecular complexity index is 228. The van der Waals surface area contributed by atoms with Crippen molar-refractivity contribution in [3.05, 3.63) is 35.4 Å². The minimum atomic E-state index is 0. The van der Waals surface area contributed by atoms with E-state index in [1.54, 1.807) is 0 Å². The van der Waals surface area contributed by atoms with Crippen molar-refractivity contribution in [2.75, 3.05) is 0 Å². The molecule has 0 spiro atoms. The zero-order valence-corrected chi connectivity index (χ0v) is 10.4. The van der Waals surface area contributed by atoms with Crippen LogP contribution in [0.4, 0.5) is 0 Å². The average Bonchev–Trinajstić information content (AvgIpc) is 2.04. The van der Waals surface area contributed by atoms with Crippen LogP contribution in [-0.2, 0) is 21.7 Å². The van der Waals surface area contributed by atoms with E-state index in [1.165, 1.54) is 11.1 Å². The van der Waals surface area contributed by atoms with Crippen LogP contribution >= 0.6 is 0 Å². The monoisotopic (exact) mass is 209 g/mol. The van der Waals surface area contributed by atoms with Crippen molar-refractivity contribution in [1.82, 2.24) is 0 Å². The van der Waals surface area contributed by atoms with Crippen LogP contribution in [-0.4, -0.2) is 0 Å². The maximum Gasteiger partial charge on any atom is 0 e. The van der Waals surface area contributed by atoms with Crippen LogP contribution in [0.3, 0.4) is 0 Å². The summed E-state index contributed by atoms with van der Waals surface area (Å²) in [5.41, 5.74) is 2.64. The van der Waals surface area contributed by atoms with Crippen LogP contribution in [0.5, 0.6) is 0 Å². The molecule has 1 rings (SSSR count). The van der Waals surface area contributed by atoms with E-state index < -0.39 is 0 Å². The molecule has 0 saturated heterocycles. The van der Waals surface area contributed by atoms with Crippen molar-refractivity contribution in [2.24, 2.45) is 0 Å². The Kier molecular flexibility index (Phi) is 5.59. The first-order valence-corrected chi connectivity index (χ1v) is 4.63. The smallest absolute Gasteiger partial charge is 0 e. The van der Waals surface area contributed by atoms with Gasteiger partial charge in [0.25, 0.3) is 0 Å². The molecular weight excluding hydrogens is 192 g/mol. The van der Waals surface area contributed by atoms with Crippen molar-refractivity contribution >= 4 is 0 Å². The van der Waals surface area contributed by atoms with Gasteiger partial charge in [-0.3, -0.25) is 0 Å². The largest absolute Gasteiger partial charge is 0.0617 e. The molecule has 69 valence electrons. The second-order valence-electron chi connectivity index (χ2n) is 3.87. The first kappa shape index (κ1) is 12.9. The van der Waals surface area contributed by atoms with Gasteiger partial charge in [0.15, 0.2) is 0 Å². The Labute approximate surface area is 96.6 Å². The Morgan fingerprint density at radius 2 is 1.31 bits per heavy atom. The quantitative estimate of drug-likeness (QED) is 0.651. The minimum Gasteiger partial charge on any atom is -0.0617 e. The molecule has 0 N–H and O–H groups in total. The average molecular weight is 209 g/mol. The molecule has 13 heavy (non-hydrogen) atoms. The molecule has 0 amide bonds. The second kappa shape index (κ2) is 5.62. The van der Waals surface area contributed by atoms with E-state index in [0.29, 0.717) is 11.8 Å². The molecule has 0 heterocycles. The van der Waals surface area contributed by atoms with Crippen LogP contribution < -0.4 is 0 Å². The summed E-state index contributed by atoms with van der Waals surface area (Å²) in [6, 6.07) is 9.87. The van der Waals surface area contributed by atoms with E-state index in [0.717, 1.165) is 0 Å². The maximum absolute atomic E-state index is 3.44.